The van der Waals surface area contributed by atoms with Gasteiger partial charge in [0, 0.05) is 12.8 Å². The molecule has 0 aromatic carbocycles. The molecule has 12 heteroatoms. The van der Waals surface area contributed by atoms with Gasteiger partial charge >= 0.3 is 25.7 Å². The van der Waals surface area contributed by atoms with Gasteiger partial charge in [0.2, 0.25) is 0 Å². The molecular formula is C39H70NO10P. The van der Waals surface area contributed by atoms with Crippen molar-refractivity contribution in [3.63, 3.8) is 0 Å². The average Bonchev–Trinajstić information content (AvgIpc) is 3.10. The van der Waals surface area contributed by atoms with Gasteiger partial charge in [0.15, 0.2) is 6.10 Å². The lowest BCUT2D eigenvalue weighted by atomic mass is 10.1. The van der Waals surface area contributed by atoms with Gasteiger partial charge in [0.1, 0.15) is 12.6 Å². The number of allylic oxidation sites excluding steroid dienone is 6. The lowest BCUT2D eigenvalue weighted by Crippen LogP contribution is -2.34. The number of unbranched alkanes of at least 4 members (excludes halogenated alkanes) is 16. The second-order valence-electron chi connectivity index (χ2n) is 13.1. The second-order valence-corrected chi connectivity index (χ2v) is 14.5. The number of carboxylic acid groups (broad SMARTS) is 1. The predicted octanol–water partition coefficient (Wildman–Crippen LogP) is 9.67. The van der Waals surface area contributed by atoms with Crippen LogP contribution in [0.15, 0.2) is 36.5 Å². The minimum absolute atomic E-state index is 0.143. The van der Waals surface area contributed by atoms with E-state index in [1.165, 1.54) is 38.5 Å². The number of carbonyl (C=O) groups excluding carboxylic acids is 2. The molecule has 51 heavy (non-hydrogen) atoms. The fourth-order valence-corrected chi connectivity index (χ4v) is 5.73. The predicted molar refractivity (Wildman–Crippen MR) is 203 cm³/mol. The zero-order chi connectivity index (χ0) is 37.8. The van der Waals surface area contributed by atoms with Crippen molar-refractivity contribution in [1.82, 2.24) is 0 Å². The molecule has 0 fully saturated rings. The molecule has 4 N–H and O–H groups in total. The fourth-order valence-electron chi connectivity index (χ4n) is 4.96. The van der Waals surface area contributed by atoms with Gasteiger partial charge in [-0.1, -0.05) is 121 Å². The lowest BCUT2D eigenvalue weighted by molar-refractivity contribution is -0.161. The number of aliphatic carboxylic acids is 1. The standard InChI is InChI=1S/C39H70NO10P/c1-3-5-7-9-11-13-15-17-19-21-23-25-27-29-31-38(42)50-35(33-48-51(45,46)49-34-36(40)39(43)44)32-47-37(41)30-28-26-24-22-20-18-16-14-12-10-8-6-4-2/h9,11,14-17,35-36H,3-8,10,12-13,18-34,40H2,1-2H3,(H,43,44)(H,45,46)/b11-9-,16-14-,17-15-/t35-,36+/m1/s1. The summed E-state index contributed by atoms with van der Waals surface area (Å²) < 4.78 is 32.5. The fraction of sp³-hybridized carbons (Fsp3) is 0.769. The molecule has 0 aromatic rings. The molecule has 11 nitrogen and oxygen atoms in total. The summed E-state index contributed by atoms with van der Waals surface area (Å²) in [4.78, 5) is 45.8. The van der Waals surface area contributed by atoms with Crippen LogP contribution < -0.4 is 5.73 Å². The zero-order valence-corrected chi connectivity index (χ0v) is 32.6. The highest BCUT2D eigenvalue weighted by Gasteiger charge is 2.28. The van der Waals surface area contributed by atoms with E-state index in [0.29, 0.717) is 12.8 Å². The minimum atomic E-state index is -4.71. The Balaban J connectivity index is 4.47. The SMILES string of the molecule is CCCC/C=C\C/C=C\CCCCCCCC(=O)O[C@H](COC(=O)CCCCCCC/C=C\CCCCCC)COP(=O)(O)OC[C@H](N)C(=O)O. The summed E-state index contributed by atoms with van der Waals surface area (Å²) in [5, 5.41) is 8.86. The number of ether oxygens (including phenoxy) is 2. The molecule has 0 bridgehead atoms. The van der Waals surface area contributed by atoms with Gasteiger partial charge in [0.05, 0.1) is 13.2 Å². The van der Waals surface area contributed by atoms with Crippen LogP contribution in [0.1, 0.15) is 162 Å². The Hall–Kier alpha value is -2.30. The number of carboxylic acids is 1. The van der Waals surface area contributed by atoms with Crippen molar-refractivity contribution in [1.29, 1.82) is 0 Å². The average molecular weight is 744 g/mol. The molecule has 0 radical (unpaired) electrons. The van der Waals surface area contributed by atoms with Crippen LogP contribution >= 0.6 is 7.82 Å². The number of rotatable bonds is 36. The van der Waals surface area contributed by atoms with Crippen molar-refractivity contribution in [3.05, 3.63) is 36.5 Å². The highest BCUT2D eigenvalue weighted by molar-refractivity contribution is 7.47. The monoisotopic (exact) mass is 743 g/mol. The molecule has 0 amide bonds. The zero-order valence-electron chi connectivity index (χ0n) is 31.7. The number of hydrogen-bond donors (Lipinski definition) is 3. The first kappa shape index (κ1) is 48.7. The van der Waals surface area contributed by atoms with Gasteiger partial charge in [-0.2, -0.15) is 0 Å². The lowest BCUT2D eigenvalue weighted by Gasteiger charge is -2.20. The van der Waals surface area contributed by atoms with Gasteiger partial charge in [-0.3, -0.25) is 23.4 Å². The first-order chi connectivity index (χ1) is 24.6. The second kappa shape index (κ2) is 34.8. The number of nitrogens with two attached hydrogens (primary N) is 1. The number of phosphoric acid groups is 1. The van der Waals surface area contributed by atoms with Crippen molar-refractivity contribution < 1.29 is 47.5 Å². The summed E-state index contributed by atoms with van der Waals surface area (Å²) in [6, 6.07) is -1.52. The summed E-state index contributed by atoms with van der Waals surface area (Å²) >= 11 is 0. The Labute approximate surface area is 308 Å². The third-order valence-corrected chi connectivity index (χ3v) is 9.06. The van der Waals surface area contributed by atoms with Crippen LogP contribution in [0.5, 0.6) is 0 Å². The maximum Gasteiger partial charge on any atom is 0.472 e. The third kappa shape index (κ3) is 34.5. The highest BCUT2D eigenvalue weighted by atomic mass is 31.2. The summed E-state index contributed by atoms with van der Waals surface area (Å²) in [5.74, 6) is -2.41. The van der Waals surface area contributed by atoms with E-state index in [2.05, 4.69) is 54.8 Å². The number of carbonyl (C=O) groups is 3. The van der Waals surface area contributed by atoms with Crippen LogP contribution in [0.2, 0.25) is 0 Å². The Bertz CT molecular complexity index is 1020. The van der Waals surface area contributed by atoms with Crippen molar-refractivity contribution in [3.8, 4) is 0 Å². The van der Waals surface area contributed by atoms with Crippen molar-refractivity contribution in [2.45, 2.75) is 174 Å². The maximum absolute atomic E-state index is 12.6. The molecule has 0 aliphatic carbocycles. The van der Waals surface area contributed by atoms with Crippen LogP contribution in [0, 0.1) is 0 Å². The van der Waals surface area contributed by atoms with E-state index < -0.39 is 51.1 Å². The topological polar surface area (TPSA) is 172 Å². The maximum atomic E-state index is 12.6. The summed E-state index contributed by atoms with van der Waals surface area (Å²) in [6.45, 7) is 2.70. The molecule has 296 valence electrons. The van der Waals surface area contributed by atoms with Crippen molar-refractivity contribution in [2.24, 2.45) is 5.73 Å². The minimum Gasteiger partial charge on any atom is -0.480 e. The first-order valence-corrected chi connectivity index (χ1v) is 21.0. The molecule has 0 aliphatic rings. The largest absolute Gasteiger partial charge is 0.480 e. The highest BCUT2D eigenvalue weighted by Crippen LogP contribution is 2.43. The van der Waals surface area contributed by atoms with Crippen LogP contribution in [-0.2, 0) is 37.5 Å². The smallest absolute Gasteiger partial charge is 0.472 e. The van der Waals surface area contributed by atoms with E-state index in [9.17, 15) is 23.8 Å². The number of phosphoric ester groups is 1. The molecular weight excluding hydrogens is 673 g/mol. The van der Waals surface area contributed by atoms with Crippen molar-refractivity contribution in [2.75, 3.05) is 19.8 Å². The van der Waals surface area contributed by atoms with E-state index >= 15 is 0 Å². The molecule has 1 unspecified atom stereocenters. The van der Waals surface area contributed by atoms with E-state index in [1.807, 2.05) is 0 Å². The third-order valence-electron chi connectivity index (χ3n) is 8.11. The molecule has 0 aromatic heterocycles. The molecule has 0 saturated carbocycles. The Morgan fingerprint density at radius 2 is 1.06 bits per heavy atom. The number of esters is 2. The van der Waals surface area contributed by atoms with Crippen LogP contribution in [0.4, 0.5) is 0 Å². The van der Waals surface area contributed by atoms with Crippen LogP contribution in [-0.4, -0.2) is 59.9 Å². The van der Waals surface area contributed by atoms with E-state index in [0.717, 1.165) is 83.5 Å². The normalized spacial score (nSPS) is 14.3. The van der Waals surface area contributed by atoms with Crippen LogP contribution in [0.25, 0.3) is 0 Å². The quantitative estimate of drug-likeness (QED) is 0.0241. The Kier molecular flexibility index (Phi) is 33.2. The van der Waals surface area contributed by atoms with Gasteiger partial charge in [-0.05, 0) is 64.2 Å². The molecule has 0 spiro atoms. The van der Waals surface area contributed by atoms with Gasteiger partial charge < -0.3 is 25.2 Å². The van der Waals surface area contributed by atoms with E-state index in [1.54, 1.807) is 0 Å². The molecule has 0 saturated heterocycles. The first-order valence-electron chi connectivity index (χ1n) is 19.5. The van der Waals surface area contributed by atoms with Gasteiger partial charge in [-0.25, -0.2) is 4.57 Å². The summed E-state index contributed by atoms with van der Waals surface area (Å²) in [5.41, 5.74) is 5.31. The summed E-state index contributed by atoms with van der Waals surface area (Å²) in [6.07, 6.45) is 35.0. The molecule has 0 aliphatic heterocycles. The van der Waals surface area contributed by atoms with E-state index in [-0.39, 0.29) is 19.4 Å². The van der Waals surface area contributed by atoms with E-state index in [4.69, 9.17) is 24.8 Å². The Morgan fingerprint density at radius 1 is 0.608 bits per heavy atom. The summed E-state index contributed by atoms with van der Waals surface area (Å²) in [7, 11) is -4.71. The number of hydrogen-bond acceptors (Lipinski definition) is 9. The van der Waals surface area contributed by atoms with Gasteiger partial charge in [-0.15, -0.1) is 0 Å². The van der Waals surface area contributed by atoms with Gasteiger partial charge in [0.25, 0.3) is 0 Å². The Morgan fingerprint density at radius 3 is 1.61 bits per heavy atom. The molecule has 0 rings (SSSR count). The molecule has 0 heterocycles. The van der Waals surface area contributed by atoms with Crippen LogP contribution in [0.3, 0.4) is 0 Å². The van der Waals surface area contributed by atoms with Crippen molar-refractivity contribution >= 4 is 25.7 Å². The molecule has 3 atom stereocenters.